The molecule has 1 aliphatic rings. The van der Waals surface area contributed by atoms with E-state index >= 15 is 0 Å². The molecule has 1 saturated heterocycles. The molecule has 0 aromatic heterocycles. The number of alkyl halides is 3. The van der Waals surface area contributed by atoms with Gasteiger partial charge in [0.05, 0.1) is 5.56 Å². The van der Waals surface area contributed by atoms with Crippen LogP contribution in [0.25, 0.3) is 0 Å². The molecule has 1 aliphatic heterocycles. The smallest absolute Gasteiger partial charge is 0.381 e. The summed E-state index contributed by atoms with van der Waals surface area (Å²) in [4.78, 5) is 6.36. The average Bonchev–Trinajstić information content (AvgIpc) is 2.69. The van der Waals surface area contributed by atoms with Crippen LogP contribution in [0.2, 0.25) is 0 Å². The number of hydrogen-bond acceptors (Lipinski definition) is 2. The van der Waals surface area contributed by atoms with E-state index in [9.17, 15) is 13.2 Å². The second kappa shape index (κ2) is 11.8. The molecular formula is C21H31F3IN3O. The van der Waals surface area contributed by atoms with Gasteiger partial charge in [-0.3, -0.25) is 4.99 Å². The Kier molecular flexibility index (Phi) is 10.5. The molecule has 29 heavy (non-hydrogen) atoms. The summed E-state index contributed by atoms with van der Waals surface area (Å²) in [6.45, 7) is 6.13. The van der Waals surface area contributed by atoms with Gasteiger partial charge in [-0.05, 0) is 37.3 Å². The Morgan fingerprint density at radius 3 is 2.62 bits per heavy atom. The van der Waals surface area contributed by atoms with Gasteiger partial charge in [-0.1, -0.05) is 24.3 Å². The molecule has 1 fully saturated rings. The van der Waals surface area contributed by atoms with Crippen molar-refractivity contribution in [2.24, 2.45) is 4.99 Å². The Morgan fingerprint density at radius 2 is 2.03 bits per heavy atom. The summed E-state index contributed by atoms with van der Waals surface area (Å²) in [5.41, 5.74) is -0.332. The number of nitrogens with one attached hydrogen (secondary N) is 1. The van der Waals surface area contributed by atoms with Crippen molar-refractivity contribution in [1.82, 2.24) is 10.2 Å². The first-order chi connectivity index (χ1) is 13.3. The molecule has 0 bridgehead atoms. The molecule has 4 nitrogen and oxygen atoms in total. The number of allylic oxidation sites excluding steroid dienone is 1. The molecule has 8 heteroatoms. The Bertz CT molecular complexity index is 673. The minimum atomic E-state index is -4.35. The molecule has 1 heterocycles. The standard InChI is InChI=1S/C21H30F3N3O.HI/c1-4-5-6-12-27(3)19(25-2)26-16-20(10-13-28-14-11-20)17-8-7-9-18(15-17)21(22,23)24;/h4,7-9,15H,1,5-6,10-14,16H2,2-3H3,(H,25,26);1H. The second-order valence-electron chi connectivity index (χ2n) is 7.22. The number of halogens is 4. The maximum Gasteiger partial charge on any atom is 0.416 e. The molecule has 1 aromatic carbocycles. The minimum absolute atomic E-state index is 0. The third kappa shape index (κ3) is 7.16. The first kappa shape index (κ1) is 25.7. The van der Waals surface area contributed by atoms with Crippen molar-refractivity contribution < 1.29 is 17.9 Å². The lowest BCUT2D eigenvalue weighted by atomic mass is 9.73. The molecule has 1 aromatic rings. The fourth-order valence-corrected chi connectivity index (χ4v) is 3.57. The molecule has 0 saturated carbocycles. The van der Waals surface area contributed by atoms with Crippen LogP contribution in [-0.2, 0) is 16.3 Å². The van der Waals surface area contributed by atoms with E-state index in [1.165, 1.54) is 12.1 Å². The lowest BCUT2D eigenvalue weighted by Crippen LogP contribution is -2.48. The van der Waals surface area contributed by atoms with Crippen molar-refractivity contribution in [2.45, 2.75) is 37.3 Å². The number of nitrogens with zero attached hydrogens (tertiary/aromatic N) is 2. The van der Waals surface area contributed by atoms with Crippen molar-refractivity contribution in [3.8, 4) is 0 Å². The fourth-order valence-electron chi connectivity index (χ4n) is 3.57. The highest BCUT2D eigenvalue weighted by Gasteiger charge is 2.37. The van der Waals surface area contributed by atoms with Crippen LogP contribution >= 0.6 is 24.0 Å². The van der Waals surface area contributed by atoms with Crippen molar-refractivity contribution >= 4 is 29.9 Å². The van der Waals surface area contributed by atoms with Crippen LogP contribution < -0.4 is 5.32 Å². The number of ether oxygens (including phenoxy) is 1. The molecule has 0 spiro atoms. The van der Waals surface area contributed by atoms with E-state index < -0.39 is 17.2 Å². The van der Waals surface area contributed by atoms with Crippen LogP contribution in [0, 0.1) is 0 Å². The summed E-state index contributed by atoms with van der Waals surface area (Å²) in [5.74, 6) is 0.738. The molecule has 164 valence electrons. The molecule has 0 unspecified atom stereocenters. The summed E-state index contributed by atoms with van der Waals surface area (Å²) < 4.78 is 45.1. The molecular weight excluding hydrogens is 494 g/mol. The van der Waals surface area contributed by atoms with Gasteiger partial charge in [0.2, 0.25) is 0 Å². The summed E-state index contributed by atoms with van der Waals surface area (Å²) in [5, 5.41) is 3.38. The first-order valence-corrected chi connectivity index (χ1v) is 9.60. The lowest BCUT2D eigenvalue weighted by Gasteiger charge is -2.39. The molecule has 2 rings (SSSR count). The van der Waals surface area contributed by atoms with Gasteiger partial charge >= 0.3 is 6.18 Å². The van der Waals surface area contributed by atoms with E-state index in [0.29, 0.717) is 38.2 Å². The second-order valence-corrected chi connectivity index (χ2v) is 7.22. The van der Waals surface area contributed by atoms with E-state index in [2.05, 4.69) is 16.9 Å². The van der Waals surface area contributed by atoms with Gasteiger partial charge < -0.3 is 15.0 Å². The number of hydrogen-bond donors (Lipinski definition) is 1. The van der Waals surface area contributed by atoms with E-state index in [-0.39, 0.29) is 24.0 Å². The van der Waals surface area contributed by atoms with Gasteiger partial charge in [0, 0.05) is 45.8 Å². The zero-order valence-electron chi connectivity index (χ0n) is 17.1. The average molecular weight is 525 g/mol. The predicted molar refractivity (Wildman–Crippen MR) is 122 cm³/mol. The number of aliphatic imine (C=N–C) groups is 1. The fraction of sp³-hybridized carbons (Fsp3) is 0.571. The van der Waals surface area contributed by atoms with Crippen LogP contribution in [0.4, 0.5) is 13.2 Å². The maximum atomic E-state index is 13.2. The molecule has 0 amide bonds. The van der Waals surface area contributed by atoms with Gasteiger partial charge in [-0.25, -0.2) is 0 Å². The van der Waals surface area contributed by atoms with Crippen LogP contribution in [0.5, 0.6) is 0 Å². The summed E-state index contributed by atoms with van der Waals surface area (Å²) in [7, 11) is 3.67. The predicted octanol–water partition coefficient (Wildman–Crippen LogP) is 4.85. The summed E-state index contributed by atoms with van der Waals surface area (Å²) in [6.07, 6.45) is 0.753. The first-order valence-electron chi connectivity index (χ1n) is 9.60. The Balaban J connectivity index is 0.00000420. The van der Waals surface area contributed by atoms with E-state index in [1.807, 2.05) is 18.0 Å². The summed E-state index contributed by atoms with van der Waals surface area (Å²) >= 11 is 0. The SMILES string of the molecule is C=CCCCN(C)C(=NC)NCC1(c2cccc(C(F)(F)F)c2)CCOCC1.I. The van der Waals surface area contributed by atoms with Crippen molar-refractivity contribution in [2.75, 3.05) is 40.4 Å². The normalized spacial score (nSPS) is 16.7. The quantitative estimate of drug-likeness (QED) is 0.182. The Hall–Kier alpha value is -1.29. The van der Waals surface area contributed by atoms with Gasteiger partial charge in [0.15, 0.2) is 5.96 Å². The van der Waals surface area contributed by atoms with Gasteiger partial charge in [-0.15, -0.1) is 30.6 Å². The highest BCUT2D eigenvalue weighted by atomic mass is 127. The third-order valence-corrected chi connectivity index (χ3v) is 5.31. The van der Waals surface area contributed by atoms with Crippen LogP contribution in [0.3, 0.4) is 0 Å². The van der Waals surface area contributed by atoms with Gasteiger partial charge in [-0.2, -0.15) is 13.2 Å². The molecule has 0 radical (unpaired) electrons. The zero-order valence-corrected chi connectivity index (χ0v) is 19.4. The third-order valence-electron chi connectivity index (χ3n) is 5.31. The topological polar surface area (TPSA) is 36.9 Å². The van der Waals surface area contributed by atoms with E-state index in [0.717, 1.165) is 31.4 Å². The van der Waals surface area contributed by atoms with Gasteiger partial charge in [0.1, 0.15) is 0 Å². The Morgan fingerprint density at radius 1 is 1.34 bits per heavy atom. The largest absolute Gasteiger partial charge is 0.416 e. The molecule has 1 N–H and O–H groups in total. The summed E-state index contributed by atoms with van der Waals surface area (Å²) in [6, 6.07) is 5.68. The Labute approximate surface area is 188 Å². The number of unbranched alkanes of at least 4 members (excludes halogenated alkanes) is 1. The van der Waals surface area contributed by atoms with E-state index in [4.69, 9.17) is 4.74 Å². The number of rotatable bonds is 7. The number of guanidine groups is 1. The highest BCUT2D eigenvalue weighted by molar-refractivity contribution is 14.0. The van der Waals surface area contributed by atoms with Crippen LogP contribution in [0.1, 0.15) is 36.8 Å². The maximum absolute atomic E-state index is 13.2. The highest BCUT2D eigenvalue weighted by Crippen LogP contribution is 2.37. The minimum Gasteiger partial charge on any atom is -0.381 e. The molecule has 0 atom stereocenters. The zero-order chi connectivity index (χ0) is 20.6. The van der Waals surface area contributed by atoms with Crippen molar-refractivity contribution in [3.05, 3.63) is 48.0 Å². The number of benzene rings is 1. The van der Waals surface area contributed by atoms with Crippen molar-refractivity contribution in [1.29, 1.82) is 0 Å². The van der Waals surface area contributed by atoms with Crippen LogP contribution in [-0.4, -0.2) is 51.3 Å². The van der Waals surface area contributed by atoms with Gasteiger partial charge in [0.25, 0.3) is 0 Å². The lowest BCUT2D eigenvalue weighted by molar-refractivity contribution is -0.137. The van der Waals surface area contributed by atoms with Crippen LogP contribution in [0.15, 0.2) is 41.9 Å². The van der Waals surface area contributed by atoms with E-state index in [1.54, 1.807) is 13.1 Å². The molecule has 0 aliphatic carbocycles. The van der Waals surface area contributed by atoms with Crippen molar-refractivity contribution in [3.63, 3.8) is 0 Å². The monoisotopic (exact) mass is 525 g/mol.